The molecule has 33 heavy (non-hydrogen) atoms. The van der Waals surface area contributed by atoms with Gasteiger partial charge in [0.05, 0.1) is 31.3 Å². The minimum Gasteiger partial charge on any atom is -0.477 e. The SMILES string of the molecule is CCOC(=O)c1c(-c2ccccc2F)nn2c1OCC(COS(=O)(=O)c1ccc(C)cc1)C2. The standard InChI is InChI=1S/C23H23FN2O6S/c1-3-30-23(27)20-21(18-6-4-5-7-19(18)24)25-26-12-16(13-31-22(20)26)14-32-33(28,29)17-10-8-15(2)9-11-17/h4-11,16H,3,12-14H2,1-2H3. The molecule has 0 spiro atoms. The molecule has 1 aliphatic rings. The van der Waals surface area contributed by atoms with Gasteiger partial charge in [-0.1, -0.05) is 29.8 Å². The van der Waals surface area contributed by atoms with E-state index >= 15 is 0 Å². The van der Waals surface area contributed by atoms with Crippen LogP contribution in [0.1, 0.15) is 22.8 Å². The number of halogens is 1. The molecule has 0 radical (unpaired) electrons. The van der Waals surface area contributed by atoms with Gasteiger partial charge in [-0.25, -0.2) is 13.9 Å². The van der Waals surface area contributed by atoms with Gasteiger partial charge in [-0.3, -0.25) is 4.18 Å². The molecular formula is C23H23FN2O6S. The van der Waals surface area contributed by atoms with Crippen LogP contribution in [-0.2, 0) is 25.6 Å². The van der Waals surface area contributed by atoms with Crippen LogP contribution in [0, 0.1) is 18.7 Å². The van der Waals surface area contributed by atoms with Crippen LogP contribution in [0.4, 0.5) is 4.39 Å². The van der Waals surface area contributed by atoms with E-state index in [1.54, 1.807) is 25.1 Å². The van der Waals surface area contributed by atoms with E-state index in [0.717, 1.165) is 5.56 Å². The highest BCUT2D eigenvalue weighted by molar-refractivity contribution is 7.86. The van der Waals surface area contributed by atoms with Crippen molar-refractivity contribution in [3.63, 3.8) is 0 Å². The Morgan fingerprint density at radius 2 is 1.94 bits per heavy atom. The van der Waals surface area contributed by atoms with Gasteiger partial charge in [0.25, 0.3) is 10.1 Å². The Hall–Kier alpha value is -3.24. The van der Waals surface area contributed by atoms with Crippen LogP contribution >= 0.6 is 0 Å². The van der Waals surface area contributed by atoms with Gasteiger partial charge in [0.2, 0.25) is 5.88 Å². The van der Waals surface area contributed by atoms with E-state index in [4.69, 9.17) is 13.7 Å². The van der Waals surface area contributed by atoms with Crippen molar-refractivity contribution < 1.29 is 31.3 Å². The lowest BCUT2D eigenvalue weighted by molar-refractivity contribution is 0.0515. The number of aryl methyl sites for hydroxylation is 1. The number of esters is 1. The summed E-state index contributed by atoms with van der Waals surface area (Å²) >= 11 is 0. The zero-order chi connectivity index (χ0) is 23.6. The van der Waals surface area contributed by atoms with Crippen molar-refractivity contribution in [2.24, 2.45) is 5.92 Å². The summed E-state index contributed by atoms with van der Waals surface area (Å²) in [5.74, 6) is -1.42. The van der Waals surface area contributed by atoms with Gasteiger partial charge in [0.15, 0.2) is 0 Å². The van der Waals surface area contributed by atoms with Crippen molar-refractivity contribution in [1.29, 1.82) is 0 Å². The Kier molecular flexibility index (Phi) is 6.48. The number of hydrogen-bond donors (Lipinski definition) is 0. The number of carbonyl (C=O) groups is 1. The first kappa shape index (κ1) is 22.9. The summed E-state index contributed by atoms with van der Waals surface area (Å²) in [5.41, 5.74) is 1.22. The number of fused-ring (bicyclic) bond motifs is 1. The molecule has 1 aromatic heterocycles. The van der Waals surface area contributed by atoms with E-state index in [9.17, 15) is 17.6 Å². The summed E-state index contributed by atoms with van der Waals surface area (Å²) in [4.78, 5) is 12.7. The topological polar surface area (TPSA) is 96.7 Å². The minimum atomic E-state index is -3.94. The Balaban J connectivity index is 1.57. The van der Waals surface area contributed by atoms with Gasteiger partial charge in [-0.15, -0.1) is 0 Å². The third-order valence-corrected chi connectivity index (χ3v) is 6.47. The monoisotopic (exact) mass is 474 g/mol. The number of benzene rings is 2. The summed E-state index contributed by atoms with van der Waals surface area (Å²) in [6.45, 7) is 3.84. The number of nitrogens with zero attached hydrogens (tertiary/aromatic N) is 2. The number of aromatic nitrogens is 2. The average Bonchev–Trinajstić information content (AvgIpc) is 3.17. The van der Waals surface area contributed by atoms with E-state index in [1.807, 2.05) is 6.92 Å². The number of hydrogen-bond acceptors (Lipinski definition) is 7. The lowest BCUT2D eigenvalue weighted by Gasteiger charge is -2.24. The Morgan fingerprint density at radius 3 is 2.64 bits per heavy atom. The van der Waals surface area contributed by atoms with E-state index in [2.05, 4.69) is 5.10 Å². The van der Waals surface area contributed by atoms with Crippen molar-refractivity contribution in [1.82, 2.24) is 9.78 Å². The molecule has 0 saturated heterocycles. The fraction of sp³-hybridized carbons (Fsp3) is 0.304. The molecule has 0 amide bonds. The van der Waals surface area contributed by atoms with E-state index in [-0.39, 0.29) is 59.9 Å². The first-order valence-corrected chi connectivity index (χ1v) is 11.8. The van der Waals surface area contributed by atoms with Gasteiger partial charge in [0.1, 0.15) is 17.1 Å². The maximum Gasteiger partial charge on any atom is 0.345 e. The quantitative estimate of drug-likeness (QED) is 0.381. The van der Waals surface area contributed by atoms with Crippen LogP contribution in [0.5, 0.6) is 5.88 Å². The fourth-order valence-corrected chi connectivity index (χ4v) is 4.48. The molecule has 0 aliphatic carbocycles. The molecule has 3 aromatic rings. The van der Waals surface area contributed by atoms with Crippen LogP contribution < -0.4 is 4.74 Å². The first-order chi connectivity index (χ1) is 15.8. The zero-order valence-corrected chi connectivity index (χ0v) is 19.0. The fourth-order valence-electron chi connectivity index (χ4n) is 3.50. The molecule has 1 unspecified atom stereocenters. The average molecular weight is 475 g/mol. The second-order valence-electron chi connectivity index (χ2n) is 7.64. The predicted molar refractivity (Wildman–Crippen MR) is 117 cm³/mol. The highest BCUT2D eigenvalue weighted by Crippen LogP contribution is 2.35. The smallest absolute Gasteiger partial charge is 0.345 e. The van der Waals surface area contributed by atoms with E-state index in [0.29, 0.717) is 0 Å². The van der Waals surface area contributed by atoms with Crippen LogP contribution in [0.2, 0.25) is 0 Å². The highest BCUT2D eigenvalue weighted by atomic mass is 32.2. The predicted octanol–water partition coefficient (Wildman–Crippen LogP) is 3.59. The van der Waals surface area contributed by atoms with Gasteiger partial charge >= 0.3 is 5.97 Å². The largest absolute Gasteiger partial charge is 0.477 e. The third kappa shape index (κ3) is 4.76. The van der Waals surface area contributed by atoms with Crippen molar-refractivity contribution in [3.8, 4) is 17.1 Å². The molecule has 4 rings (SSSR count). The number of ether oxygens (including phenoxy) is 2. The van der Waals surface area contributed by atoms with Gasteiger partial charge in [-0.2, -0.15) is 13.5 Å². The second kappa shape index (κ2) is 9.32. The molecule has 2 heterocycles. The Morgan fingerprint density at radius 1 is 1.21 bits per heavy atom. The molecular weight excluding hydrogens is 451 g/mol. The van der Waals surface area contributed by atoms with E-state index < -0.39 is 21.9 Å². The Labute approximate surface area is 191 Å². The lowest BCUT2D eigenvalue weighted by Crippen LogP contribution is -2.30. The second-order valence-corrected chi connectivity index (χ2v) is 9.26. The van der Waals surface area contributed by atoms with E-state index in [1.165, 1.54) is 35.0 Å². The molecule has 174 valence electrons. The van der Waals surface area contributed by atoms with Crippen LogP contribution in [-0.4, -0.2) is 44.0 Å². The number of rotatable bonds is 7. The summed E-state index contributed by atoms with van der Waals surface area (Å²) in [5, 5.41) is 4.39. The molecule has 0 bridgehead atoms. The molecule has 0 saturated carbocycles. The summed E-state index contributed by atoms with van der Waals surface area (Å²) in [6, 6.07) is 12.3. The zero-order valence-electron chi connectivity index (χ0n) is 18.2. The molecule has 1 atom stereocenters. The maximum atomic E-state index is 14.5. The summed E-state index contributed by atoms with van der Waals surface area (Å²) in [6.07, 6.45) is 0. The summed E-state index contributed by atoms with van der Waals surface area (Å²) in [7, 11) is -3.94. The van der Waals surface area contributed by atoms with Gasteiger partial charge in [0, 0.05) is 11.5 Å². The Bertz CT molecular complexity index is 1270. The normalized spacial score (nSPS) is 15.5. The van der Waals surface area contributed by atoms with Crippen molar-refractivity contribution in [2.45, 2.75) is 25.3 Å². The van der Waals surface area contributed by atoms with Crippen LogP contribution in [0.15, 0.2) is 53.4 Å². The lowest BCUT2D eigenvalue weighted by atomic mass is 10.1. The van der Waals surface area contributed by atoms with Crippen LogP contribution in [0.3, 0.4) is 0 Å². The molecule has 8 nitrogen and oxygen atoms in total. The molecule has 0 N–H and O–H groups in total. The van der Waals surface area contributed by atoms with Crippen LogP contribution in [0.25, 0.3) is 11.3 Å². The highest BCUT2D eigenvalue weighted by Gasteiger charge is 2.33. The maximum absolute atomic E-state index is 14.5. The van der Waals surface area contributed by atoms with Gasteiger partial charge in [-0.05, 0) is 38.1 Å². The minimum absolute atomic E-state index is 0.0357. The molecule has 2 aromatic carbocycles. The van der Waals surface area contributed by atoms with Crippen molar-refractivity contribution >= 4 is 16.1 Å². The summed E-state index contributed by atoms with van der Waals surface area (Å²) < 4.78 is 57.0. The van der Waals surface area contributed by atoms with Crippen molar-refractivity contribution in [3.05, 3.63) is 65.5 Å². The first-order valence-electron chi connectivity index (χ1n) is 10.4. The molecule has 10 heteroatoms. The van der Waals surface area contributed by atoms with Gasteiger partial charge < -0.3 is 9.47 Å². The molecule has 1 aliphatic heterocycles. The third-order valence-electron chi connectivity index (χ3n) is 5.17. The molecule has 0 fully saturated rings. The van der Waals surface area contributed by atoms with Crippen molar-refractivity contribution in [2.75, 3.05) is 19.8 Å². The number of carbonyl (C=O) groups excluding carboxylic acids is 1.